The number of H-pyrrole nitrogens is 1. The van der Waals surface area contributed by atoms with Gasteiger partial charge in [0.1, 0.15) is 17.5 Å². The van der Waals surface area contributed by atoms with Gasteiger partial charge in [-0.15, -0.1) is 0 Å². The molecule has 2 aromatic rings. The summed E-state index contributed by atoms with van der Waals surface area (Å²) in [6, 6.07) is 2.59. The Bertz CT molecular complexity index is 1110. The van der Waals surface area contributed by atoms with Crippen molar-refractivity contribution in [2.24, 2.45) is 23.0 Å². The number of amides is 3. The van der Waals surface area contributed by atoms with Crippen LogP contribution in [0, 0.1) is 28.9 Å². The zero-order chi connectivity index (χ0) is 26.6. The molecule has 1 aromatic heterocycles. The van der Waals surface area contributed by atoms with E-state index in [1.165, 1.54) is 12.3 Å². The number of hydrogen-bond donors (Lipinski definition) is 3. The van der Waals surface area contributed by atoms with Crippen LogP contribution in [0.25, 0.3) is 11.3 Å². The standard InChI is InChI=1S/C26H35F2N5O3/c1-15(24-30-14-21(32-24)17-8-7-16(27)11-20(17)28)31-25(36)18(12-22(34)33-9-5-6-10-33)19(23(29)35)13-26(2,3)4/h7-8,11,14-15,18-19H,5-6,9-10,12-13H2,1-4H3,(H2,29,35)(H,30,32)(H,31,36)/t15-,18-,19?/m0/s1. The molecular weight excluding hydrogens is 468 g/mol. The summed E-state index contributed by atoms with van der Waals surface area (Å²) in [5.41, 5.74) is 5.89. The number of nitrogens with two attached hydrogens (primary N) is 1. The van der Waals surface area contributed by atoms with Gasteiger partial charge in [-0.05, 0) is 43.7 Å². The molecule has 1 aliphatic rings. The maximum atomic E-state index is 14.2. The molecule has 0 bridgehead atoms. The zero-order valence-corrected chi connectivity index (χ0v) is 21.2. The zero-order valence-electron chi connectivity index (χ0n) is 21.2. The highest BCUT2D eigenvalue weighted by atomic mass is 19.1. The molecule has 3 atom stereocenters. The Morgan fingerprint density at radius 1 is 1.17 bits per heavy atom. The molecule has 1 saturated heterocycles. The van der Waals surface area contributed by atoms with Crippen LogP contribution in [0.15, 0.2) is 24.4 Å². The molecule has 3 amide bonds. The predicted octanol–water partition coefficient (Wildman–Crippen LogP) is 3.70. The smallest absolute Gasteiger partial charge is 0.225 e. The summed E-state index contributed by atoms with van der Waals surface area (Å²) in [5, 5.41) is 2.84. The van der Waals surface area contributed by atoms with Crippen molar-refractivity contribution >= 4 is 17.7 Å². The molecule has 0 spiro atoms. The Hall–Kier alpha value is -3.30. The number of likely N-dealkylation sites (tertiary alicyclic amines) is 1. The fourth-order valence-electron chi connectivity index (χ4n) is 4.59. The van der Waals surface area contributed by atoms with Crippen LogP contribution in [0.2, 0.25) is 0 Å². The van der Waals surface area contributed by atoms with E-state index in [1.807, 2.05) is 20.8 Å². The van der Waals surface area contributed by atoms with E-state index in [0.717, 1.165) is 25.0 Å². The second kappa shape index (κ2) is 11.2. The largest absolute Gasteiger partial charge is 0.369 e. The monoisotopic (exact) mass is 503 g/mol. The second-order valence-electron chi connectivity index (χ2n) is 10.7. The first-order chi connectivity index (χ1) is 16.9. The summed E-state index contributed by atoms with van der Waals surface area (Å²) in [7, 11) is 0. The number of carbonyl (C=O) groups is 3. The maximum absolute atomic E-state index is 14.2. The summed E-state index contributed by atoms with van der Waals surface area (Å²) < 4.78 is 27.4. The average molecular weight is 504 g/mol. The quantitative estimate of drug-likeness (QED) is 0.483. The van der Waals surface area contributed by atoms with Crippen LogP contribution in [0.5, 0.6) is 0 Å². The number of aromatic nitrogens is 2. The molecule has 0 aliphatic carbocycles. The first-order valence-electron chi connectivity index (χ1n) is 12.2. The Balaban J connectivity index is 1.80. The summed E-state index contributed by atoms with van der Waals surface area (Å²) in [6.45, 7) is 8.80. The number of halogens is 2. The number of imidazole rings is 1. The first kappa shape index (κ1) is 27.3. The van der Waals surface area contributed by atoms with Crippen LogP contribution in [0.1, 0.15) is 65.2 Å². The SMILES string of the molecule is C[C@H](NC(=O)[C@@H](CC(=O)N1CCCC1)C(CC(C)(C)C)C(N)=O)c1ncc(-c2ccc(F)cc2F)[nH]1. The Kier molecular flexibility index (Phi) is 8.47. The van der Waals surface area contributed by atoms with Gasteiger partial charge in [0.05, 0.1) is 29.8 Å². The van der Waals surface area contributed by atoms with Gasteiger partial charge >= 0.3 is 0 Å². The molecule has 10 heteroatoms. The van der Waals surface area contributed by atoms with Crippen LogP contribution in [0.3, 0.4) is 0 Å². The van der Waals surface area contributed by atoms with Crippen molar-refractivity contribution in [3.05, 3.63) is 41.9 Å². The van der Waals surface area contributed by atoms with Crippen LogP contribution in [-0.2, 0) is 14.4 Å². The van der Waals surface area contributed by atoms with E-state index in [2.05, 4.69) is 15.3 Å². The highest BCUT2D eigenvalue weighted by Crippen LogP contribution is 2.32. The Morgan fingerprint density at radius 2 is 1.83 bits per heavy atom. The van der Waals surface area contributed by atoms with Gasteiger partial charge in [0.15, 0.2) is 0 Å². The Morgan fingerprint density at radius 3 is 2.42 bits per heavy atom. The molecule has 1 fully saturated rings. The fraction of sp³-hybridized carbons (Fsp3) is 0.538. The Labute approximate surface area is 210 Å². The summed E-state index contributed by atoms with van der Waals surface area (Å²) in [6.07, 6.45) is 3.45. The van der Waals surface area contributed by atoms with Crippen molar-refractivity contribution in [2.75, 3.05) is 13.1 Å². The number of nitrogens with zero attached hydrogens (tertiary/aromatic N) is 2. The van der Waals surface area contributed by atoms with E-state index in [-0.39, 0.29) is 23.3 Å². The lowest BCUT2D eigenvalue weighted by Gasteiger charge is -2.31. The lowest BCUT2D eigenvalue weighted by molar-refractivity contribution is -0.140. The predicted molar refractivity (Wildman–Crippen MR) is 131 cm³/mol. The lowest BCUT2D eigenvalue weighted by atomic mass is 9.76. The molecule has 36 heavy (non-hydrogen) atoms. The third kappa shape index (κ3) is 6.89. The summed E-state index contributed by atoms with van der Waals surface area (Å²) >= 11 is 0. The molecule has 4 N–H and O–H groups in total. The number of benzene rings is 1. The van der Waals surface area contributed by atoms with Crippen LogP contribution < -0.4 is 11.1 Å². The van der Waals surface area contributed by atoms with Gasteiger partial charge in [-0.25, -0.2) is 13.8 Å². The third-order valence-electron chi connectivity index (χ3n) is 6.46. The molecular formula is C26H35F2N5O3. The van der Waals surface area contributed by atoms with E-state index >= 15 is 0 Å². The van der Waals surface area contributed by atoms with E-state index in [0.29, 0.717) is 31.0 Å². The minimum atomic E-state index is -0.943. The van der Waals surface area contributed by atoms with E-state index < -0.39 is 41.3 Å². The van der Waals surface area contributed by atoms with Crippen LogP contribution >= 0.6 is 0 Å². The highest BCUT2D eigenvalue weighted by molar-refractivity contribution is 5.91. The summed E-state index contributed by atoms with van der Waals surface area (Å²) in [5.74, 6) is -4.14. The van der Waals surface area contributed by atoms with Gasteiger partial charge in [0.2, 0.25) is 17.7 Å². The number of primary amides is 1. The first-order valence-corrected chi connectivity index (χ1v) is 12.2. The van der Waals surface area contributed by atoms with Crippen molar-refractivity contribution in [1.82, 2.24) is 20.2 Å². The van der Waals surface area contributed by atoms with Crippen molar-refractivity contribution < 1.29 is 23.2 Å². The molecule has 196 valence electrons. The molecule has 0 radical (unpaired) electrons. The number of nitrogens with one attached hydrogen (secondary N) is 2. The molecule has 1 unspecified atom stereocenters. The van der Waals surface area contributed by atoms with Crippen molar-refractivity contribution in [3.63, 3.8) is 0 Å². The van der Waals surface area contributed by atoms with Crippen LogP contribution in [-0.4, -0.2) is 45.7 Å². The summed E-state index contributed by atoms with van der Waals surface area (Å²) in [4.78, 5) is 47.7. The fourth-order valence-corrected chi connectivity index (χ4v) is 4.59. The van der Waals surface area contributed by atoms with Crippen LogP contribution in [0.4, 0.5) is 8.78 Å². The van der Waals surface area contributed by atoms with Gasteiger partial charge in [0.25, 0.3) is 0 Å². The van der Waals surface area contributed by atoms with Gasteiger partial charge in [-0.2, -0.15) is 0 Å². The molecule has 0 saturated carbocycles. The molecule has 2 heterocycles. The minimum absolute atomic E-state index is 0.119. The van der Waals surface area contributed by atoms with Gasteiger partial charge in [-0.1, -0.05) is 20.8 Å². The lowest BCUT2D eigenvalue weighted by Crippen LogP contribution is -2.45. The van der Waals surface area contributed by atoms with Gasteiger partial charge in [-0.3, -0.25) is 14.4 Å². The van der Waals surface area contributed by atoms with E-state index in [4.69, 9.17) is 5.73 Å². The highest BCUT2D eigenvalue weighted by Gasteiger charge is 2.38. The van der Waals surface area contributed by atoms with Crippen molar-refractivity contribution in [2.45, 2.75) is 59.4 Å². The molecule has 8 nitrogen and oxygen atoms in total. The minimum Gasteiger partial charge on any atom is -0.369 e. The number of carbonyl (C=O) groups excluding carboxylic acids is 3. The van der Waals surface area contributed by atoms with E-state index in [9.17, 15) is 23.2 Å². The average Bonchev–Trinajstić information content (AvgIpc) is 3.47. The topological polar surface area (TPSA) is 121 Å². The third-order valence-corrected chi connectivity index (χ3v) is 6.46. The van der Waals surface area contributed by atoms with Crippen molar-refractivity contribution in [3.8, 4) is 11.3 Å². The normalized spacial score (nSPS) is 16.4. The molecule has 1 aliphatic heterocycles. The van der Waals surface area contributed by atoms with Crippen molar-refractivity contribution in [1.29, 1.82) is 0 Å². The number of aromatic amines is 1. The van der Waals surface area contributed by atoms with Gasteiger partial charge < -0.3 is 20.9 Å². The second-order valence-corrected chi connectivity index (χ2v) is 10.7. The number of hydrogen-bond acceptors (Lipinski definition) is 4. The number of rotatable bonds is 9. The van der Waals surface area contributed by atoms with Gasteiger partial charge in [0, 0.05) is 31.1 Å². The molecule has 3 rings (SSSR count). The van der Waals surface area contributed by atoms with E-state index in [1.54, 1.807) is 11.8 Å². The maximum Gasteiger partial charge on any atom is 0.225 e. The molecule has 1 aromatic carbocycles.